The van der Waals surface area contributed by atoms with Crippen LogP contribution in [0.5, 0.6) is 0 Å². The van der Waals surface area contributed by atoms with Crippen molar-refractivity contribution < 1.29 is 4.79 Å². The molecule has 0 aliphatic heterocycles. The van der Waals surface area contributed by atoms with Crippen molar-refractivity contribution in [3.63, 3.8) is 0 Å². The van der Waals surface area contributed by atoms with Crippen LogP contribution in [-0.2, 0) is 4.79 Å². The largest absolute Gasteiger partial charge is 0.351 e. The standard InChI is InChI=1S/C13H18N2O/c1-2-11(14)13(16)15-12-8-10(12)9-6-4-3-5-7-9/h3-7,10-12H,2,8,14H2,1H3,(H,15,16). The van der Waals surface area contributed by atoms with Crippen molar-refractivity contribution in [2.45, 2.75) is 37.8 Å². The molecule has 3 atom stereocenters. The molecule has 0 heterocycles. The number of benzene rings is 1. The third-order valence-electron chi connectivity index (χ3n) is 3.12. The molecule has 16 heavy (non-hydrogen) atoms. The SMILES string of the molecule is CCC(N)C(=O)NC1CC1c1ccccc1. The quantitative estimate of drug-likeness (QED) is 0.802. The van der Waals surface area contributed by atoms with Gasteiger partial charge in [-0.15, -0.1) is 0 Å². The van der Waals surface area contributed by atoms with Gasteiger partial charge in [0.05, 0.1) is 6.04 Å². The van der Waals surface area contributed by atoms with Gasteiger partial charge in [-0.05, 0) is 18.4 Å². The van der Waals surface area contributed by atoms with E-state index < -0.39 is 0 Å². The lowest BCUT2D eigenvalue weighted by Crippen LogP contribution is -2.41. The number of nitrogens with two attached hydrogens (primary N) is 1. The van der Waals surface area contributed by atoms with E-state index in [0.29, 0.717) is 12.3 Å². The molecule has 0 bridgehead atoms. The van der Waals surface area contributed by atoms with Crippen molar-refractivity contribution in [3.05, 3.63) is 35.9 Å². The van der Waals surface area contributed by atoms with Crippen LogP contribution >= 0.6 is 0 Å². The van der Waals surface area contributed by atoms with Crippen LogP contribution in [0.15, 0.2) is 30.3 Å². The fourth-order valence-electron chi connectivity index (χ4n) is 1.90. The first-order valence-electron chi connectivity index (χ1n) is 5.83. The Bertz CT molecular complexity index is 363. The maximum Gasteiger partial charge on any atom is 0.237 e. The maximum absolute atomic E-state index is 11.6. The Hall–Kier alpha value is -1.35. The van der Waals surface area contributed by atoms with E-state index in [-0.39, 0.29) is 18.0 Å². The van der Waals surface area contributed by atoms with Crippen LogP contribution in [0.25, 0.3) is 0 Å². The molecule has 1 aliphatic carbocycles. The summed E-state index contributed by atoms with van der Waals surface area (Å²) in [5.74, 6) is 0.458. The summed E-state index contributed by atoms with van der Waals surface area (Å²) < 4.78 is 0. The minimum Gasteiger partial charge on any atom is -0.351 e. The van der Waals surface area contributed by atoms with Gasteiger partial charge < -0.3 is 11.1 Å². The van der Waals surface area contributed by atoms with Gasteiger partial charge in [-0.2, -0.15) is 0 Å². The molecule has 1 aromatic carbocycles. The van der Waals surface area contributed by atoms with Gasteiger partial charge in [0, 0.05) is 12.0 Å². The van der Waals surface area contributed by atoms with E-state index in [2.05, 4.69) is 17.4 Å². The van der Waals surface area contributed by atoms with E-state index in [1.165, 1.54) is 5.56 Å². The van der Waals surface area contributed by atoms with Gasteiger partial charge in [-0.1, -0.05) is 37.3 Å². The zero-order valence-electron chi connectivity index (χ0n) is 9.52. The number of hydrogen-bond donors (Lipinski definition) is 2. The van der Waals surface area contributed by atoms with Gasteiger partial charge in [0.2, 0.25) is 5.91 Å². The number of carbonyl (C=O) groups is 1. The molecule has 3 nitrogen and oxygen atoms in total. The minimum atomic E-state index is -0.364. The summed E-state index contributed by atoms with van der Waals surface area (Å²) in [6, 6.07) is 10.2. The highest BCUT2D eigenvalue weighted by Crippen LogP contribution is 2.40. The van der Waals surface area contributed by atoms with Crippen molar-refractivity contribution in [1.82, 2.24) is 5.32 Å². The fraction of sp³-hybridized carbons (Fsp3) is 0.462. The van der Waals surface area contributed by atoms with E-state index in [0.717, 1.165) is 6.42 Å². The maximum atomic E-state index is 11.6. The van der Waals surface area contributed by atoms with E-state index in [1.807, 2.05) is 25.1 Å². The monoisotopic (exact) mass is 218 g/mol. The summed E-state index contributed by atoms with van der Waals surface area (Å²) >= 11 is 0. The number of amides is 1. The van der Waals surface area contributed by atoms with Gasteiger partial charge in [0.25, 0.3) is 0 Å². The molecule has 1 fully saturated rings. The molecule has 3 unspecified atom stereocenters. The molecule has 0 saturated heterocycles. The summed E-state index contributed by atoms with van der Waals surface area (Å²) in [5.41, 5.74) is 6.97. The fourth-order valence-corrected chi connectivity index (χ4v) is 1.90. The van der Waals surface area contributed by atoms with Crippen LogP contribution in [0.2, 0.25) is 0 Å². The predicted molar refractivity (Wildman–Crippen MR) is 64.0 cm³/mol. The third-order valence-corrected chi connectivity index (χ3v) is 3.12. The number of carbonyl (C=O) groups excluding carboxylic acids is 1. The summed E-state index contributed by atoms with van der Waals surface area (Å²) in [7, 11) is 0. The second kappa shape index (κ2) is 4.66. The summed E-state index contributed by atoms with van der Waals surface area (Å²) in [4.78, 5) is 11.6. The van der Waals surface area contributed by atoms with Crippen LogP contribution in [0.1, 0.15) is 31.2 Å². The molecule has 2 rings (SSSR count). The van der Waals surface area contributed by atoms with E-state index >= 15 is 0 Å². The molecule has 86 valence electrons. The van der Waals surface area contributed by atoms with Crippen molar-refractivity contribution in [3.8, 4) is 0 Å². The van der Waals surface area contributed by atoms with Crippen LogP contribution in [-0.4, -0.2) is 18.0 Å². The summed E-state index contributed by atoms with van der Waals surface area (Å²) in [6.45, 7) is 1.92. The zero-order chi connectivity index (χ0) is 11.5. The first kappa shape index (κ1) is 11.1. The Morgan fingerprint density at radius 3 is 2.81 bits per heavy atom. The molecule has 1 aliphatic rings. The Labute approximate surface area is 96.0 Å². The molecular formula is C13H18N2O. The van der Waals surface area contributed by atoms with Crippen molar-refractivity contribution in [2.24, 2.45) is 5.73 Å². The number of hydrogen-bond acceptors (Lipinski definition) is 2. The molecule has 1 aromatic rings. The Morgan fingerprint density at radius 2 is 2.19 bits per heavy atom. The molecule has 0 aromatic heterocycles. The van der Waals surface area contributed by atoms with Crippen LogP contribution < -0.4 is 11.1 Å². The van der Waals surface area contributed by atoms with Crippen molar-refractivity contribution in [2.75, 3.05) is 0 Å². The van der Waals surface area contributed by atoms with Crippen molar-refractivity contribution >= 4 is 5.91 Å². The number of rotatable bonds is 4. The summed E-state index contributed by atoms with van der Waals surface area (Å²) in [6.07, 6.45) is 1.72. The average molecular weight is 218 g/mol. The lowest BCUT2D eigenvalue weighted by molar-refractivity contribution is -0.122. The van der Waals surface area contributed by atoms with Crippen LogP contribution in [0.4, 0.5) is 0 Å². The molecule has 3 N–H and O–H groups in total. The van der Waals surface area contributed by atoms with E-state index in [4.69, 9.17) is 5.73 Å². The zero-order valence-corrected chi connectivity index (χ0v) is 9.52. The third kappa shape index (κ3) is 2.42. The van der Waals surface area contributed by atoms with Gasteiger partial charge >= 0.3 is 0 Å². The Morgan fingerprint density at radius 1 is 1.50 bits per heavy atom. The Kier molecular flexibility index (Phi) is 3.25. The average Bonchev–Trinajstić information content (AvgIpc) is 3.08. The lowest BCUT2D eigenvalue weighted by Gasteiger charge is -2.09. The number of nitrogens with one attached hydrogen (secondary N) is 1. The topological polar surface area (TPSA) is 55.1 Å². The van der Waals surface area contributed by atoms with Crippen LogP contribution in [0.3, 0.4) is 0 Å². The van der Waals surface area contributed by atoms with Gasteiger partial charge in [0.15, 0.2) is 0 Å². The van der Waals surface area contributed by atoms with Crippen LogP contribution in [0, 0.1) is 0 Å². The highest BCUT2D eigenvalue weighted by Gasteiger charge is 2.39. The van der Waals surface area contributed by atoms with E-state index in [9.17, 15) is 4.79 Å². The summed E-state index contributed by atoms with van der Waals surface area (Å²) in [5, 5.41) is 2.99. The molecule has 0 radical (unpaired) electrons. The first-order chi connectivity index (χ1) is 7.72. The normalized spacial score (nSPS) is 24.9. The molecule has 3 heteroatoms. The molecular weight excluding hydrogens is 200 g/mol. The second-order valence-electron chi connectivity index (χ2n) is 4.38. The predicted octanol–water partition coefficient (Wildman–Crippen LogP) is 1.40. The Balaban J connectivity index is 1.86. The smallest absolute Gasteiger partial charge is 0.237 e. The van der Waals surface area contributed by atoms with E-state index in [1.54, 1.807) is 0 Å². The van der Waals surface area contributed by atoms with Gasteiger partial charge in [-0.25, -0.2) is 0 Å². The molecule has 1 saturated carbocycles. The van der Waals surface area contributed by atoms with Gasteiger partial charge in [0.1, 0.15) is 0 Å². The van der Waals surface area contributed by atoms with Crippen molar-refractivity contribution in [1.29, 1.82) is 0 Å². The lowest BCUT2D eigenvalue weighted by atomic mass is 10.1. The highest BCUT2D eigenvalue weighted by atomic mass is 16.2. The van der Waals surface area contributed by atoms with Gasteiger partial charge in [-0.3, -0.25) is 4.79 Å². The minimum absolute atomic E-state index is 0.0223. The highest BCUT2D eigenvalue weighted by molar-refractivity contribution is 5.82. The molecule has 1 amide bonds. The second-order valence-corrected chi connectivity index (χ2v) is 4.38. The molecule has 0 spiro atoms. The first-order valence-corrected chi connectivity index (χ1v) is 5.83.